The molecule has 3 aliphatic rings. The molecule has 1 aliphatic heterocycles. The van der Waals surface area contributed by atoms with Crippen LogP contribution in [0.3, 0.4) is 0 Å². The lowest BCUT2D eigenvalue weighted by Gasteiger charge is -2.34. The average Bonchev–Trinajstić information content (AvgIpc) is 1.53. The smallest absolute Gasteiger partial charge is 0.399 e. The van der Waals surface area contributed by atoms with E-state index in [2.05, 4.69) is 307 Å². The lowest BCUT2D eigenvalue weighted by Crippen LogP contribution is -2.41. The maximum atomic E-state index is 9.92. The molecule has 8 nitrogen and oxygen atoms in total. The number of pyridine rings is 2. The van der Waals surface area contributed by atoms with E-state index >= 15 is 0 Å². The molecule has 0 bridgehead atoms. The van der Waals surface area contributed by atoms with Gasteiger partial charge in [-0.3, -0.25) is 8.80 Å². The summed E-state index contributed by atoms with van der Waals surface area (Å²) in [6.45, 7) is 8.32. The Morgan fingerprint density at radius 3 is 1.26 bits per heavy atom. The SMILES string of the molecule is Brc1ccc2nc3c4ccccc4sc3n2c1.CC1(C)OB(c2ccc3c(c2)C(c2ccccc2)(c2ccccc2)c2cc(C#N)ccc2-3)OC1(C)C.N#Cc1ccc2c(c1)C(c1ccccc1)(c1ccccc1)c1cc(-c3ccc4nc5c6ccccc6sc5n4c3)ccc1-2. The summed E-state index contributed by atoms with van der Waals surface area (Å²) in [6, 6.07) is 98.3. The second-order valence-corrected chi connectivity index (χ2v) is 28.8. The second kappa shape index (κ2) is 22.9. The highest BCUT2D eigenvalue weighted by Crippen LogP contribution is 2.58. The number of thiophene rings is 2. The highest BCUT2D eigenvalue weighted by molar-refractivity contribution is 9.10. The number of hydrogen-bond donors (Lipinski definition) is 0. The Morgan fingerprint density at radius 1 is 0.406 bits per heavy atom. The van der Waals surface area contributed by atoms with E-state index < -0.39 is 29.2 Å². The Kier molecular flexibility index (Phi) is 14.1. The van der Waals surface area contributed by atoms with Gasteiger partial charge in [-0.1, -0.05) is 200 Å². The molecule has 0 N–H and O–H groups in total. The first-order chi connectivity index (χ1) is 46.9. The molecule has 1 fully saturated rings. The van der Waals surface area contributed by atoms with Gasteiger partial charge in [-0.15, -0.1) is 22.7 Å². The molecule has 0 atom stereocenters. The third kappa shape index (κ3) is 9.19. The average molecular weight is 1340 g/mol. The van der Waals surface area contributed by atoms with Gasteiger partial charge in [0.25, 0.3) is 0 Å². The first-order valence-electron chi connectivity index (χ1n) is 32.1. The lowest BCUT2D eigenvalue weighted by atomic mass is 9.66. The largest absolute Gasteiger partial charge is 0.494 e. The highest BCUT2D eigenvalue weighted by Gasteiger charge is 2.53. The molecule has 96 heavy (non-hydrogen) atoms. The number of benzene rings is 10. The Balaban J connectivity index is 0.000000118. The normalized spacial score (nSPS) is 14.9. The molecule has 6 aromatic heterocycles. The molecule has 0 amide bonds. The van der Waals surface area contributed by atoms with Crippen molar-refractivity contribution in [1.82, 2.24) is 18.8 Å². The molecule has 0 saturated carbocycles. The molecule has 1 saturated heterocycles. The number of aromatic nitrogens is 4. The number of nitrogens with zero attached hydrogens (tertiary/aromatic N) is 6. The number of fused-ring (bicyclic) bond motifs is 16. The van der Waals surface area contributed by atoms with Crippen LogP contribution in [0.5, 0.6) is 0 Å². The molecule has 0 spiro atoms. The zero-order chi connectivity index (χ0) is 65.1. The van der Waals surface area contributed by atoms with E-state index in [9.17, 15) is 10.5 Å². The summed E-state index contributed by atoms with van der Waals surface area (Å²) in [5.74, 6) is 0. The predicted octanol–water partition coefficient (Wildman–Crippen LogP) is 20.3. The van der Waals surface area contributed by atoms with Gasteiger partial charge in [-0.2, -0.15) is 10.5 Å². The van der Waals surface area contributed by atoms with Gasteiger partial charge in [-0.25, -0.2) is 9.97 Å². The van der Waals surface area contributed by atoms with Crippen molar-refractivity contribution < 1.29 is 9.31 Å². The Bertz CT molecular complexity index is 5770. The third-order valence-corrected chi connectivity index (χ3v) is 22.8. The fourth-order valence-electron chi connectivity index (χ4n) is 14.9. The Morgan fingerprint density at radius 2 is 0.792 bits per heavy atom. The first kappa shape index (κ1) is 59.2. The maximum Gasteiger partial charge on any atom is 0.494 e. The molecule has 19 rings (SSSR count). The summed E-state index contributed by atoms with van der Waals surface area (Å²) in [7, 11) is -0.456. The van der Waals surface area contributed by atoms with E-state index in [-0.39, 0.29) is 0 Å². The van der Waals surface area contributed by atoms with E-state index in [1.807, 2.05) is 36.4 Å². The molecular formula is C84H58BBrN6O2S2. The third-order valence-electron chi connectivity index (χ3n) is 20.1. The maximum absolute atomic E-state index is 9.92. The van der Waals surface area contributed by atoms with Crippen LogP contribution in [0.25, 0.3) is 85.5 Å². The van der Waals surface area contributed by atoms with Gasteiger partial charge in [0.2, 0.25) is 0 Å². The fraction of sp³-hybridized carbons (Fsp3) is 0.0952. The van der Waals surface area contributed by atoms with Gasteiger partial charge in [0, 0.05) is 37.0 Å². The fourth-order valence-corrected chi connectivity index (χ4v) is 17.5. The molecule has 458 valence electrons. The highest BCUT2D eigenvalue weighted by atomic mass is 79.9. The number of nitriles is 2. The van der Waals surface area contributed by atoms with E-state index in [0.717, 1.165) is 71.2 Å². The van der Waals surface area contributed by atoms with Gasteiger partial charge in [0.05, 0.1) is 45.3 Å². The standard InChI is InChI=1S/C39H23N3S.C32H28BNO2.C13H7BrN2S/c40-23-25-15-18-30-31-19-16-26(27-17-20-36-41-37-32-13-7-8-14-35(32)43-38(37)42(36)24-27)22-34(31)39(33(30)21-25,28-9-3-1-4-10-28)29-11-5-2-6-12-29;1-30(2)31(3,4)36-33(35-30)25-16-18-27-26-17-15-22(21-34)19-28(26)32(29(27)20-25,23-11-7-5-8-12-23)24-13-9-6-10-14-24;14-8-5-6-11-15-12-9-3-1-2-4-10(9)17-13(12)16(11)7-8/h1-22,24H;5-20H,1-4H3;1-7H. The van der Waals surface area contributed by atoms with E-state index in [0.29, 0.717) is 11.1 Å². The van der Waals surface area contributed by atoms with Crippen LogP contribution in [0.15, 0.2) is 284 Å². The zero-order valence-corrected chi connectivity index (χ0v) is 56.0. The van der Waals surface area contributed by atoms with Crippen LogP contribution in [0.1, 0.15) is 83.3 Å². The van der Waals surface area contributed by atoms with E-state index in [1.165, 1.54) is 68.8 Å². The van der Waals surface area contributed by atoms with Gasteiger partial charge in [0.15, 0.2) is 0 Å². The van der Waals surface area contributed by atoms with Gasteiger partial charge in [0.1, 0.15) is 32.0 Å². The van der Waals surface area contributed by atoms with Crippen molar-refractivity contribution in [1.29, 1.82) is 10.5 Å². The first-order valence-corrected chi connectivity index (χ1v) is 34.5. The van der Waals surface area contributed by atoms with Crippen molar-refractivity contribution in [2.24, 2.45) is 0 Å². The van der Waals surface area contributed by atoms with Crippen LogP contribution < -0.4 is 5.46 Å². The molecule has 10 aromatic carbocycles. The summed E-state index contributed by atoms with van der Waals surface area (Å²) in [4.78, 5) is 12.1. The molecule has 0 radical (unpaired) electrons. The van der Waals surface area contributed by atoms with Crippen LogP contribution >= 0.6 is 38.6 Å². The van der Waals surface area contributed by atoms with Gasteiger partial charge in [-0.05, 0) is 194 Å². The van der Waals surface area contributed by atoms with Crippen molar-refractivity contribution in [3.63, 3.8) is 0 Å². The second-order valence-electron chi connectivity index (χ2n) is 25.8. The van der Waals surface area contributed by atoms with Crippen LogP contribution in [0, 0.1) is 22.7 Å². The topological polar surface area (TPSA) is 101 Å². The number of imidazole rings is 2. The minimum absolute atomic E-state index is 0.419. The summed E-state index contributed by atoms with van der Waals surface area (Å²) in [6.07, 6.45) is 4.30. The summed E-state index contributed by atoms with van der Waals surface area (Å²) < 4.78 is 20.9. The summed E-state index contributed by atoms with van der Waals surface area (Å²) in [5.41, 5.74) is 20.8. The van der Waals surface area contributed by atoms with Crippen molar-refractivity contribution in [2.75, 3.05) is 0 Å². The molecular weight excluding hydrogens is 1280 g/mol. The number of hydrogen-bond acceptors (Lipinski definition) is 8. The van der Waals surface area contributed by atoms with Crippen LogP contribution in [0.4, 0.5) is 0 Å². The molecule has 7 heterocycles. The monoisotopic (exact) mass is 1340 g/mol. The molecule has 16 aromatic rings. The zero-order valence-electron chi connectivity index (χ0n) is 52.8. The van der Waals surface area contributed by atoms with Crippen LogP contribution in [-0.2, 0) is 20.1 Å². The molecule has 0 unspecified atom stereocenters. The van der Waals surface area contributed by atoms with Crippen molar-refractivity contribution in [3.8, 4) is 45.5 Å². The number of rotatable bonds is 6. The summed E-state index contributed by atoms with van der Waals surface area (Å²) >= 11 is 7.07. The van der Waals surface area contributed by atoms with Crippen molar-refractivity contribution in [2.45, 2.75) is 49.7 Å². The Labute approximate surface area is 572 Å². The summed E-state index contributed by atoms with van der Waals surface area (Å²) in [5, 5.41) is 22.2. The molecule has 12 heteroatoms. The number of halogens is 1. The van der Waals surface area contributed by atoms with Crippen LogP contribution in [0.2, 0.25) is 0 Å². The van der Waals surface area contributed by atoms with E-state index in [1.54, 1.807) is 22.7 Å². The van der Waals surface area contributed by atoms with E-state index in [4.69, 9.17) is 19.3 Å². The van der Waals surface area contributed by atoms with Crippen molar-refractivity contribution in [3.05, 3.63) is 339 Å². The van der Waals surface area contributed by atoms with Crippen LogP contribution in [-0.4, -0.2) is 37.1 Å². The minimum atomic E-state index is -0.570. The van der Waals surface area contributed by atoms with Gasteiger partial charge < -0.3 is 9.31 Å². The lowest BCUT2D eigenvalue weighted by molar-refractivity contribution is 0.00578. The Hall–Kier alpha value is -10.5. The van der Waals surface area contributed by atoms with Crippen molar-refractivity contribution >= 4 is 103 Å². The molecule has 2 aliphatic carbocycles. The van der Waals surface area contributed by atoms with Gasteiger partial charge >= 0.3 is 7.12 Å². The minimum Gasteiger partial charge on any atom is -0.399 e. The predicted molar refractivity (Wildman–Crippen MR) is 395 cm³/mol. The quantitative estimate of drug-likeness (QED) is 0.154.